The van der Waals surface area contributed by atoms with E-state index in [0.717, 1.165) is 0 Å². The number of hydrogen-bond acceptors (Lipinski definition) is 0. The second kappa shape index (κ2) is 17.1. The maximum atomic E-state index is 0. The van der Waals surface area contributed by atoms with Gasteiger partial charge in [-0.2, -0.15) is 0 Å². The van der Waals surface area contributed by atoms with Crippen LogP contribution in [0.3, 0.4) is 0 Å². The van der Waals surface area contributed by atoms with Crippen molar-refractivity contribution in [2.24, 2.45) is 0 Å². The van der Waals surface area contributed by atoms with Crippen LogP contribution in [0, 0.1) is 0 Å². The molecule has 0 saturated carbocycles. The Balaban J connectivity index is 0. The van der Waals surface area contributed by atoms with Crippen LogP contribution >= 0.6 is 0 Å². The van der Waals surface area contributed by atoms with E-state index < -0.39 is 0 Å². The van der Waals surface area contributed by atoms with E-state index in [1.807, 2.05) is 0 Å². The Morgan fingerprint density at radius 1 is 0.500 bits per heavy atom. The fraction of sp³-hybridized carbons (Fsp3) is 0. The van der Waals surface area contributed by atoms with E-state index in [0.29, 0.717) is 0 Å². The van der Waals surface area contributed by atoms with Gasteiger partial charge in [-0.15, -0.1) is 0 Å². The van der Waals surface area contributed by atoms with Crippen LogP contribution in [-0.2, 0) is 67.1 Å². The molecule has 0 N–H and O–H groups in total. The molecule has 0 aromatic carbocycles. The van der Waals surface area contributed by atoms with Crippen molar-refractivity contribution in [1.29, 1.82) is 0 Å². The molecular formula is H4Au3Ge. The molecule has 4 heteroatoms. The van der Waals surface area contributed by atoms with E-state index in [-0.39, 0.29) is 84.7 Å². The Hall–Kier alpha value is 2.76. The van der Waals surface area contributed by atoms with Crippen LogP contribution < -0.4 is 0 Å². The number of hydrogen-bond donors (Lipinski definition) is 0. The Morgan fingerprint density at radius 2 is 0.500 bits per heavy atom. The molecule has 0 heterocycles. The monoisotopic (exact) mass is 669 g/mol. The molecule has 0 aliphatic rings. The predicted molar refractivity (Wildman–Crippen MR) is 11.3 cm³/mol. The third kappa shape index (κ3) is 8.83. The number of rotatable bonds is 0. The Bertz CT molecular complexity index is 3.25. The molecule has 3 radical (unpaired) electrons. The van der Waals surface area contributed by atoms with Crippen molar-refractivity contribution in [3.63, 3.8) is 0 Å². The van der Waals surface area contributed by atoms with Crippen LogP contribution in [0.5, 0.6) is 0 Å². The van der Waals surface area contributed by atoms with Gasteiger partial charge in [-0.05, 0) is 0 Å². The van der Waals surface area contributed by atoms with Crippen molar-refractivity contribution in [1.82, 2.24) is 0 Å². The zero-order valence-electron chi connectivity index (χ0n) is 0.905. The molecule has 0 atom stereocenters. The Kier molecular flexibility index (Phi) is 126. The molecule has 0 aliphatic carbocycles. The third-order valence-electron chi connectivity index (χ3n) is 0. The van der Waals surface area contributed by atoms with E-state index in [2.05, 4.69) is 0 Å². The van der Waals surface area contributed by atoms with Crippen LogP contribution in [0.25, 0.3) is 0 Å². The molecule has 0 amide bonds. The van der Waals surface area contributed by atoms with Crippen LogP contribution in [0.15, 0.2) is 0 Å². The van der Waals surface area contributed by atoms with Gasteiger partial charge in [0.2, 0.25) is 0 Å². The molecular weight excluding hydrogens is 664 g/mol. The van der Waals surface area contributed by atoms with E-state index in [1.165, 1.54) is 0 Å². The summed E-state index contributed by atoms with van der Waals surface area (Å²) >= 11 is 0. The molecule has 0 nitrogen and oxygen atoms in total. The van der Waals surface area contributed by atoms with Crippen molar-refractivity contribution in [3.05, 3.63) is 0 Å². The summed E-state index contributed by atoms with van der Waals surface area (Å²) in [7, 11) is 0. The SMILES string of the molecule is [Au].[Au].[Au].[GeH4]. The van der Waals surface area contributed by atoms with Crippen LogP contribution in [0.4, 0.5) is 0 Å². The fourth-order valence-electron chi connectivity index (χ4n) is 0. The van der Waals surface area contributed by atoms with E-state index in [1.54, 1.807) is 0 Å². The van der Waals surface area contributed by atoms with Gasteiger partial charge in [0.1, 0.15) is 0 Å². The van der Waals surface area contributed by atoms with Crippen LogP contribution in [0.2, 0.25) is 0 Å². The molecule has 0 fully saturated rings. The minimum absolute atomic E-state index is 0. The summed E-state index contributed by atoms with van der Waals surface area (Å²) in [6.45, 7) is 0. The topological polar surface area (TPSA) is 0 Å². The normalized spacial score (nSPS) is 0. The zero-order valence-corrected chi connectivity index (χ0v) is 7.40. The van der Waals surface area contributed by atoms with Crippen molar-refractivity contribution < 1.29 is 67.1 Å². The van der Waals surface area contributed by atoms with E-state index in [9.17, 15) is 0 Å². The summed E-state index contributed by atoms with van der Waals surface area (Å²) in [5, 5.41) is 0. The van der Waals surface area contributed by atoms with Crippen LogP contribution in [0.1, 0.15) is 0 Å². The summed E-state index contributed by atoms with van der Waals surface area (Å²) in [5.74, 6) is 0. The first-order valence-electron chi connectivity index (χ1n) is 0. The molecule has 0 saturated heterocycles. The standard InChI is InChI=1S/3Au.GeH4/h;;;1H4. The summed E-state index contributed by atoms with van der Waals surface area (Å²) in [6, 6.07) is 0. The summed E-state index contributed by atoms with van der Waals surface area (Å²) in [6.07, 6.45) is 0. The summed E-state index contributed by atoms with van der Waals surface area (Å²) in [5.41, 5.74) is 0. The quantitative estimate of drug-likeness (QED) is 0.278. The third-order valence-corrected chi connectivity index (χ3v) is 0. The first-order chi connectivity index (χ1) is 0. The molecule has 0 spiro atoms. The fourth-order valence-corrected chi connectivity index (χ4v) is 0. The molecule has 0 aromatic rings. The van der Waals surface area contributed by atoms with E-state index >= 15 is 0 Å². The van der Waals surface area contributed by atoms with Crippen molar-refractivity contribution >= 4 is 17.6 Å². The van der Waals surface area contributed by atoms with Crippen LogP contribution in [-0.4, -0.2) is 17.6 Å². The predicted octanol–water partition coefficient (Wildman–Crippen LogP) is -1.46. The van der Waals surface area contributed by atoms with Gasteiger partial charge in [0.15, 0.2) is 0 Å². The molecule has 0 rings (SSSR count). The van der Waals surface area contributed by atoms with Gasteiger partial charge < -0.3 is 0 Å². The van der Waals surface area contributed by atoms with Crippen molar-refractivity contribution in [2.45, 2.75) is 0 Å². The van der Waals surface area contributed by atoms with Gasteiger partial charge in [0.25, 0.3) is 0 Å². The second-order valence-corrected chi connectivity index (χ2v) is 0. The Morgan fingerprint density at radius 3 is 0.500 bits per heavy atom. The van der Waals surface area contributed by atoms with E-state index in [4.69, 9.17) is 0 Å². The van der Waals surface area contributed by atoms with Gasteiger partial charge >= 0.3 is 17.6 Å². The van der Waals surface area contributed by atoms with Gasteiger partial charge in [0, 0.05) is 67.1 Å². The van der Waals surface area contributed by atoms with Gasteiger partial charge in [0.05, 0.1) is 0 Å². The average Bonchev–Trinajstić information content (AvgIpc) is 0. The second-order valence-electron chi connectivity index (χ2n) is 0. The van der Waals surface area contributed by atoms with Gasteiger partial charge in [-0.1, -0.05) is 0 Å². The molecule has 0 aromatic heterocycles. The summed E-state index contributed by atoms with van der Waals surface area (Å²) in [4.78, 5) is 0. The summed E-state index contributed by atoms with van der Waals surface area (Å²) < 4.78 is 0. The molecule has 4 heavy (non-hydrogen) atoms. The first-order valence-corrected chi connectivity index (χ1v) is 0. The van der Waals surface area contributed by atoms with Crippen molar-refractivity contribution in [3.8, 4) is 0 Å². The molecule has 0 bridgehead atoms. The molecule has 0 unspecified atom stereocenters. The van der Waals surface area contributed by atoms with Gasteiger partial charge in [-0.25, -0.2) is 0 Å². The minimum atomic E-state index is 0. The first kappa shape index (κ1) is 29.4. The average molecular weight is 668 g/mol. The zero-order chi connectivity index (χ0) is 0. The maximum absolute atomic E-state index is 0. The Labute approximate surface area is 83.4 Å². The molecule has 41 valence electrons. The van der Waals surface area contributed by atoms with Crippen molar-refractivity contribution in [2.75, 3.05) is 0 Å². The molecule has 0 aliphatic heterocycles. The van der Waals surface area contributed by atoms with Gasteiger partial charge in [-0.3, -0.25) is 0 Å².